The predicted molar refractivity (Wildman–Crippen MR) is 70.5 cm³/mol. The molecule has 0 saturated carbocycles. The zero-order valence-electron chi connectivity index (χ0n) is 9.30. The molecule has 0 saturated heterocycles. The molecule has 5 nitrogen and oxygen atoms in total. The molecule has 18 heavy (non-hydrogen) atoms. The predicted octanol–water partition coefficient (Wildman–Crippen LogP) is 2.55. The lowest BCUT2D eigenvalue weighted by molar-refractivity contribution is 0.0690. The first-order valence-corrected chi connectivity index (χ1v) is 5.98. The molecule has 2 aromatic rings. The molecule has 1 aromatic heterocycles. The fraction of sp³-hybridized carbons (Fsp3) is 0.0833. The van der Waals surface area contributed by atoms with E-state index >= 15 is 0 Å². The van der Waals surface area contributed by atoms with Crippen LogP contribution in [0.2, 0.25) is 0 Å². The molecular weight excluding hydrogens is 298 g/mol. The highest BCUT2D eigenvalue weighted by molar-refractivity contribution is 9.10. The van der Waals surface area contributed by atoms with Crippen LogP contribution in [0.3, 0.4) is 0 Å². The molecule has 0 spiro atoms. The number of benzene rings is 1. The highest BCUT2D eigenvalue weighted by Crippen LogP contribution is 2.13. The van der Waals surface area contributed by atoms with Crippen LogP contribution < -0.4 is 5.32 Å². The van der Waals surface area contributed by atoms with Gasteiger partial charge in [-0.25, -0.2) is 9.78 Å². The molecule has 2 N–H and O–H groups in total. The van der Waals surface area contributed by atoms with Crippen LogP contribution in [0.4, 0.5) is 5.82 Å². The summed E-state index contributed by atoms with van der Waals surface area (Å²) in [6.45, 7) is 0.553. The maximum Gasteiger partial charge on any atom is 0.356 e. The van der Waals surface area contributed by atoms with Crippen LogP contribution in [0.25, 0.3) is 0 Å². The Morgan fingerprint density at radius 3 is 2.94 bits per heavy atom. The van der Waals surface area contributed by atoms with E-state index in [1.807, 2.05) is 24.3 Å². The summed E-state index contributed by atoms with van der Waals surface area (Å²) >= 11 is 3.39. The number of anilines is 1. The van der Waals surface area contributed by atoms with E-state index in [2.05, 4.69) is 31.2 Å². The summed E-state index contributed by atoms with van der Waals surface area (Å²) in [6.07, 6.45) is 2.71. The van der Waals surface area contributed by atoms with Crippen LogP contribution in [0, 0.1) is 0 Å². The number of hydrogen-bond donors (Lipinski definition) is 2. The Morgan fingerprint density at radius 2 is 2.22 bits per heavy atom. The van der Waals surface area contributed by atoms with Crippen LogP contribution in [-0.4, -0.2) is 21.0 Å². The lowest BCUT2D eigenvalue weighted by Crippen LogP contribution is -2.06. The average molecular weight is 308 g/mol. The van der Waals surface area contributed by atoms with Gasteiger partial charge in [-0.2, -0.15) is 0 Å². The number of carboxylic acids is 1. The first-order chi connectivity index (χ1) is 8.65. The number of hydrogen-bond acceptors (Lipinski definition) is 4. The van der Waals surface area contributed by atoms with E-state index in [4.69, 9.17) is 5.11 Å². The summed E-state index contributed by atoms with van der Waals surface area (Å²) in [5.41, 5.74) is 0.987. The maximum absolute atomic E-state index is 10.7. The molecule has 0 aliphatic rings. The lowest BCUT2D eigenvalue weighted by Gasteiger charge is -2.06. The number of nitrogens with one attached hydrogen (secondary N) is 1. The SMILES string of the molecule is O=C(O)c1cncc(NCc2cccc(Br)c2)n1. The minimum Gasteiger partial charge on any atom is -0.476 e. The van der Waals surface area contributed by atoms with Crippen molar-refractivity contribution in [1.82, 2.24) is 9.97 Å². The molecule has 0 bridgehead atoms. The Hall–Kier alpha value is -1.95. The first-order valence-electron chi connectivity index (χ1n) is 5.19. The number of rotatable bonds is 4. The van der Waals surface area contributed by atoms with E-state index in [9.17, 15) is 4.79 Å². The summed E-state index contributed by atoms with van der Waals surface area (Å²) in [5.74, 6) is -0.650. The minimum absolute atomic E-state index is 0.0748. The third-order valence-corrected chi connectivity index (χ3v) is 2.71. The van der Waals surface area contributed by atoms with E-state index in [1.165, 1.54) is 12.4 Å². The highest BCUT2D eigenvalue weighted by atomic mass is 79.9. The van der Waals surface area contributed by atoms with Crippen molar-refractivity contribution in [2.24, 2.45) is 0 Å². The zero-order valence-corrected chi connectivity index (χ0v) is 10.9. The zero-order chi connectivity index (χ0) is 13.0. The Morgan fingerprint density at radius 1 is 1.39 bits per heavy atom. The van der Waals surface area contributed by atoms with Gasteiger partial charge in [0.1, 0.15) is 5.82 Å². The van der Waals surface area contributed by atoms with E-state index in [-0.39, 0.29) is 5.69 Å². The number of aromatic carboxylic acids is 1. The van der Waals surface area contributed by atoms with Gasteiger partial charge in [-0.05, 0) is 17.7 Å². The summed E-state index contributed by atoms with van der Waals surface area (Å²) in [7, 11) is 0. The van der Waals surface area contributed by atoms with Crippen LogP contribution in [0.15, 0.2) is 41.1 Å². The van der Waals surface area contributed by atoms with Crippen molar-refractivity contribution >= 4 is 27.7 Å². The molecule has 0 radical (unpaired) electrons. The summed E-state index contributed by atoms with van der Waals surface area (Å²) in [5, 5.41) is 11.8. The van der Waals surface area contributed by atoms with Gasteiger partial charge in [0.15, 0.2) is 5.69 Å². The molecular formula is C12H10BrN3O2. The van der Waals surface area contributed by atoms with Crippen molar-refractivity contribution in [3.8, 4) is 0 Å². The minimum atomic E-state index is -1.09. The smallest absolute Gasteiger partial charge is 0.356 e. The largest absolute Gasteiger partial charge is 0.476 e. The first kappa shape index (κ1) is 12.5. The molecule has 6 heteroatoms. The second kappa shape index (κ2) is 5.59. The average Bonchev–Trinajstić information content (AvgIpc) is 2.37. The molecule has 92 valence electrons. The molecule has 1 aromatic carbocycles. The van der Waals surface area contributed by atoms with Crippen LogP contribution in [-0.2, 0) is 6.54 Å². The van der Waals surface area contributed by atoms with Gasteiger partial charge < -0.3 is 10.4 Å². The van der Waals surface area contributed by atoms with Crippen molar-refractivity contribution in [3.63, 3.8) is 0 Å². The number of carboxylic acid groups (broad SMARTS) is 1. The number of nitrogens with zero attached hydrogens (tertiary/aromatic N) is 2. The van der Waals surface area contributed by atoms with Gasteiger partial charge in [0.2, 0.25) is 0 Å². The van der Waals surface area contributed by atoms with Crippen molar-refractivity contribution < 1.29 is 9.90 Å². The topological polar surface area (TPSA) is 75.1 Å². The molecule has 0 aliphatic carbocycles. The summed E-state index contributed by atoms with van der Waals surface area (Å²) in [6, 6.07) is 7.81. The Kier molecular flexibility index (Phi) is 3.88. The molecule has 0 fully saturated rings. The van der Waals surface area contributed by atoms with Crippen molar-refractivity contribution in [2.45, 2.75) is 6.54 Å². The fourth-order valence-corrected chi connectivity index (χ4v) is 1.84. The molecule has 0 unspecified atom stereocenters. The van der Waals surface area contributed by atoms with E-state index in [0.717, 1.165) is 10.0 Å². The maximum atomic E-state index is 10.7. The number of carbonyl (C=O) groups is 1. The Bertz CT molecular complexity index is 575. The molecule has 1 heterocycles. The van der Waals surface area contributed by atoms with Gasteiger partial charge in [-0.3, -0.25) is 4.98 Å². The number of aromatic nitrogens is 2. The Balaban J connectivity index is 2.06. The fourth-order valence-electron chi connectivity index (χ4n) is 1.39. The third-order valence-electron chi connectivity index (χ3n) is 2.22. The van der Waals surface area contributed by atoms with E-state index in [1.54, 1.807) is 0 Å². The normalized spacial score (nSPS) is 10.1. The van der Waals surface area contributed by atoms with Crippen LogP contribution in [0.1, 0.15) is 16.1 Å². The molecule has 0 amide bonds. The summed E-state index contributed by atoms with van der Waals surface area (Å²) in [4.78, 5) is 18.5. The number of halogens is 1. The Labute approximate surface area is 112 Å². The molecule has 2 rings (SSSR count). The third kappa shape index (κ3) is 3.27. The van der Waals surface area contributed by atoms with E-state index < -0.39 is 5.97 Å². The van der Waals surface area contributed by atoms with E-state index in [0.29, 0.717) is 12.4 Å². The second-order valence-corrected chi connectivity index (χ2v) is 4.49. The highest BCUT2D eigenvalue weighted by Gasteiger charge is 2.05. The quantitative estimate of drug-likeness (QED) is 0.908. The van der Waals surface area contributed by atoms with Crippen molar-refractivity contribution in [2.75, 3.05) is 5.32 Å². The van der Waals surface area contributed by atoms with Gasteiger partial charge in [-0.1, -0.05) is 28.1 Å². The monoisotopic (exact) mass is 307 g/mol. The van der Waals surface area contributed by atoms with Gasteiger partial charge in [-0.15, -0.1) is 0 Å². The van der Waals surface area contributed by atoms with Gasteiger partial charge >= 0.3 is 5.97 Å². The van der Waals surface area contributed by atoms with Gasteiger partial charge in [0, 0.05) is 11.0 Å². The second-order valence-electron chi connectivity index (χ2n) is 3.58. The van der Waals surface area contributed by atoms with Crippen LogP contribution in [0.5, 0.6) is 0 Å². The van der Waals surface area contributed by atoms with Crippen molar-refractivity contribution in [3.05, 3.63) is 52.4 Å². The van der Waals surface area contributed by atoms with Gasteiger partial charge in [0.05, 0.1) is 12.4 Å². The molecule has 0 atom stereocenters. The lowest BCUT2D eigenvalue weighted by atomic mass is 10.2. The standard InChI is InChI=1S/C12H10BrN3O2/c13-9-3-1-2-8(4-9)5-15-11-7-14-6-10(16-11)12(17)18/h1-4,6-7H,5H2,(H,15,16)(H,17,18). The van der Waals surface area contributed by atoms with Gasteiger partial charge in [0.25, 0.3) is 0 Å². The van der Waals surface area contributed by atoms with Crippen molar-refractivity contribution in [1.29, 1.82) is 0 Å². The molecule has 0 aliphatic heterocycles. The van der Waals surface area contributed by atoms with Crippen LogP contribution >= 0.6 is 15.9 Å². The summed E-state index contributed by atoms with van der Waals surface area (Å²) < 4.78 is 0.993.